The van der Waals surface area contributed by atoms with Gasteiger partial charge in [-0.15, -0.1) is 0 Å². The molecule has 1 N–H and O–H groups in total. The predicted molar refractivity (Wildman–Crippen MR) is 86.8 cm³/mol. The minimum atomic E-state index is 0.824. The molecule has 1 aromatic heterocycles. The zero-order chi connectivity index (χ0) is 14.7. The number of benzene rings is 2. The van der Waals surface area contributed by atoms with Crippen LogP contribution in [-0.4, -0.2) is 9.78 Å². The molecule has 3 aromatic rings. The fourth-order valence-corrected chi connectivity index (χ4v) is 2.56. The maximum absolute atomic E-state index is 4.26. The van der Waals surface area contributed by atoms with E-state index in [2.05, 4.69) is 60.7 Å². The molecule has 0 unspecified atom stereocenters. The average Bonchev–Trinajstić information content (AvgIpc) is 2.99. The van der Waals surface area contributed by atoms with Gasteiger partial charge in [-0.05, 0) is 43.7 Å². The summed E-state index contributed by atoms with van der Waals surface area (Å²) in [5, 5.41) is 7.73. The molecule has 3 heteroatoms. The Morgan fingerprint density at radius 1 is 1.00 bits per heavy atom. The summed E-state index contributed by atoms with van der Waals surface area (Å²) in [7, 11) is 0. The van der Waals surface area contributed by atoms with Gasteiger partial charge in [-0.2, -0.15) is 5.10 Å². The molecule has 2 aromatic carbocycles. The lowest BCUT2D eigenvalue weighted by Gasteiger charge is -2.10. The normalized spacial score (nSPS) is 10.6. The molecule has 0 saturated heterocycles. The lowest BCUT2D eigenvalue weighted by molar-refractivity contribution is 0.880. The summed E-state index contributed by atoms with van der Waals surface area (Å²) < 4.78 is 1.86. The molecule has 3 rings (SSSR count). The Morgan fingerprint density at radius 3 is 2.52 bits per heavy atom. The van der Waals surface area contributed by atoms with E-state index in [-0.39, 0.29) is 0 Å². The highest BCUT2D eigenvalue weighted by atomic mass is 15.3. The maximum atomic E-state index is 4.26. The summed E-state index contributed by atoms with van der Waals surface area (Å²) in [5.74, 6) is 0. The number of anilines is 1. The summed E-state index contributed by atoms with van der Waals surface area (Å²) in [6, 6.07) is 16.8. The van der Waals surface area contributed by atoms with Crippen LogP contribution in [0.4, 0.5) is 5.69 Å². The van der Waals surface area contributed by atoms with Gasteiger partial charge in [0.2, 0.25) is 0 Å². The van der Waals surface area contributed by atoms with Crippen molar-refractivity contribution in [2.75, 3.05) is 5.32 Å². The van der Waals surface area contributed by atoms with E-state index in [1.54, 1.807) is 6.20 Å². The van der Waals surface area contributed by atoms with Gasteiger partial charge < -0.3 is 5.32 Å². The van der Waals surface area contributed by atoms with E-state index < -0.39 is 0 Å². The minimum absolute atomic E-state index is 0.824. The number of nitrogens with one attached hydrogen (secondary N) is 1. The van der Waals surface area contributed by atoms with Gasteiger partial charge in [0, 0.05) is 24.6 Å². The number of hydrogen-bond donors (Lipinski definition) is 1. The van der Waals surface area contributed by atoms with Gasteiger partial charge in [-0.25, -0.2) is 4.68 Å². The van der Waals surface area contributed by atoms with Gasteiger partial charge in [0.15, 0.2) is 0 Å². The fourth-order valence-electron chi connectivity index (χ4n) is 2.56. The lowest BCUT2D eigenvalue weighted by Crippen LogP contribution is -2.01. The predicted octanol–water partition coefficient (Wildman–Crippen LogP) is 4.10. The highest BCUT2D eigenvalue weighted by Gasteiger charge is 2.00. The monoisotopic (exact) mass is 277 g/mol. The molecule has 0 aliphatic heterocycles. The molecular formula is C18H19N3. The van der Waals surface area contributed by atoms with E-state index in [9.17, 15) is 0 Å². The molecule has 0 aliphatic carbocycles. The van der Waals surface area contributed by atoms with Crippen LogP contribution in [0.3, 0.4) is 0 Å². The molecule has 0 amide bonds. The molecule has 21 heavy (non-hydrogen) atoms. The molecule has 3 nitrogen and oxygen atoms in total. The van der Waals surface area contributed by atoms with E-state index in [1.807, 2.05) is 23.0 Å². The quantitative estimate of drug-likeness (QED) is 0.778. The summed E-state index contributed by atoms with van der Waals surface area (Å²) in [6.07, 6.45) is 3.73. The van der Waals surface area contributed by atoms with E-state index >= 15 is 0 Å². The zero-order valence-corrected chi connectivity index (χ0v) is 12.4. The van der Waals surface area contributed by atoms with E-state index in [0.29, 0.717) is 0 Å². The van der Waals surface area contributed by atoms with Crippen LogP contribution in [0, 0.1) is 13.8 Å². The van der Waals surface area contributed by atoms with Crippen molar-refractivity contribution in [1.82, 2.24) is 9.78 Å². The first-order valence-corrected chi connectivity index (χ1v) is 7.12. The fraction of sp³-hybridized carbons (Fsp3) is 0.167. The first-order chi connectivity index (χ1) is 10.2. The Bertz CT molecular complexity index is 710. The first kappa shape index (κ1) is 13.4. The smallest absolute Gasteiger partial charge is 0.0666 e. The lowest BCUT2D eigenvalue weighted by atomic mass is 10.1. The van der Waals surface area contributed by atoms with Crippen molar-refractivity contribution in [3.05, 3.63) is 77.6 Å². The van der Waals surface area contributed by atoms with Crippen molar-refractivity contribution in [2.24, 2.45) is 0 Å². The Hall–Kier alpha value is -2.55. The largest absolute Gasteiger partial charge is 0.381 e. The van der Waals surface area contributed by atoms with Gasteiger partial charge >= 0.3 is 0 Å². The van der Waals surface area contributed by atoms with Crippen LogP contribution in [-0.2, 0) is 6.54 Å². The second kappa shape index (κ2) is 5.83. The molecule has 0 saturated carbocycles. The molecule has 0 spiro atoms. The van der Waals surface area contributed by atoms with E-state index in [0.717, 1.165) is 17.9 Å². The van der Waals surface area contributed by atoms with Crippen molar-refractivity contribution >= 4 is 5.69 Å². The third-order valence-corrected chi connectivity index (χ3v) is 3.39. The van der Waals surface area contributed by atoms with Gasteiger partial charge in [0.05, 0.1) is 5.69 Å². The van der Waals surface area contributed by atoms with Crippen LogP contribution in [0.5, 0.6) is 0 Å². The highest BCUT2D eigenvalue weighted by molar-refractivity contribution is 5.51. The minimum Gasteiger partial charge on any atom is -0.381 e. The molecule has 0 fully saturated rings. The average molecular weight is 277 g/mol. The Kier molecular flexibility index (Phi) is 3.73. The van der Waals surface area contributed by atoms with Crippen LogP contribution in [0.25, 0.3) is 5.69 Å². The molecule has 0 atom stereocenters. The van der Waals surface area contributed by atoms with Crippen LogP contribution in [0.15, 0.2) is 60.9 Å². The standard InChI is InChI=1S/C18H19N3/c1-14-9-15(2)11-16(10-14)13-19-17-5-3-6-18(12-17)21-8-4-7-20-21/h3-12,19H,13H2,1-2H3. The Balaban J connectivity index is 1.75. The summed E-state index contributed by atoms with van der Waals surface area (Å²) in [4.78, 5) is 0. The molecule has 1 heterocycles. The van der Waals surface area contributed by atoms with Crippen molar-refractivity contribution in [1.29, 1.82) is 0 Å². The second-order valence-electron chi connectivity index (χ2n) is 5.35. The van der Waals surface area contributed by atoms with Crippen LogP contribution < -0.4 is 5.32 Å². The Morgan fingerprint density at radius 2 is 1.81 bits per heavy atom. The Labute approximate surface area is 125 Å². The van der Waals surface area contributed by atoms with Crippen LogP contribution in [0.2, 0.25) is 0 Å². The van der Waals surface area contributed by atoms with Crippen molar-refractivity contribution in [3.8, 4) is 5.69 Å². The number of nitrogens with zero attached hydrogens (tertiary/aromatic N) is 2. The SMILES string of the molecule is Cc1cc(C)cc(CNc2cccc(-n3cccn3)c2)c1. The first-order valence-electron chi connectivity index (χ1n) is 7.12. The van der Waals surface area contributed by atoms with E-state index in [4.69, 9.17) is 0 Å². The third-order valence-electron chi connectivity index (χ3n) is 3.39. The number of aryl methyl sites for hydroxylation is 2. The number of rotatable bonds is 4. The maximum Gasteiger partial charge on any atom is 0.0666 e. The molecule has 0 radical (unpaired) electrons. The van der Waals surface area contributed by atoms with Gasteiger partial charge in [-0.1, -0.05) is 35.4 Å². The van der Waals surface area contributed by atoms with E-state index in [1.165, 1.54) is 16.7 Å². The molecular weight excluding hydrogens is 258 g/mol. The second-order valence-corrected chi connectivity index (χ2v) is 5.35. The third kappa shape index (κ3) is 3.31. The van der Waals surface area contributed by atoms with Crippen LogP contribution >= 0.6 is 0 Å². The topological polar surface area (TPSA) is 29.9 Å². The summed E-state index contributed by atoms with van der Waals surface area (Å²) in [6.45, 7) is 5.09. The van der Waals surface area contributed by atoms with Crippen molar-refractivity contribution in [2.45, 2.75) is 20.4 Å². The number of hydrogen-bond acceptors (Lipinski definition) is 2. The summed E-state index contributed by atoms with van der Waals surface area (Å²) in [5.41, 5.74) is 6.07. The van der Waals surface area contributed by atoms with Crippen molar-refractivity contribution in [3.63, 3.8) is 0 Å². The summed E-state index contributed by atoms with van der Waals surface area (Å²) >= 11 is 0. The zero-order valence-electron chi connectivity index (χ0n) is 12.4. The number of aromatic nitrogens is 2. The molecule has 0 aliphatic rings. The highest BCUT2D eigenvalue weighted by Crippen LogP contribution is 2.16. The van der Waals surface area contributed by atoms with Gasteiger partial charge in [0.1, 0.15) is 0 Å². The van der Waals surface area contributed by atoms with Crippen LogP contribution in [0.1, 0.15) is 16.7 Å². The molecule has 106 valence electrons. The molecule has 0 bridgehead atoms. The van der Waals surface area contributed by atoms with Gasteiger partial charge in [0.25, 0.3) is 0 Å². The van der Waals surface area contributed by atoms with Gasteiger partial charge in [-0.3, -0.25) is 0 Å². The van der Waals surface area contributed by atoms with Crippen molar-refractivity contribution < 1.29 is 0 Å².